The predicted molar refractivity (Wildman–Crippen MR) is 188 cm³/mol. The molecule has 0 radical (unpaired) electrons. The Bertz CT molecular complexity index is 1500. The van der Waals surface area contributed by atoms with Crippen LogP contribution < -0.4 is 39.8 Å². The highest BCUT2D eigenvalue weighted by Crippen LogP contribution is 2.48. The monoisotopic (exact) mass is 750 g/mol. The third kappa shape index (κ3) is 8.65. The molecule has 4 bridgehead atoms. The summed E-state index contributed by atoms with van der Waals surface area (Å²) in [5, 5.41) is 43.7. The molecule has 2 aliphatic heterocycles. The lowest BCUT2D eigenvalue weighted by Crippen LogP contribution is -2.84. The van der Waals surface area contributed by atoms with Gasteiger partial charge in [0.1, 0.15) is 13.1 Å². The van der Waals surface area contributed by atoms with Crippen molar-refractivity contribution < 1.29 is 69.2 Å². The van der Waals surface area contributed by atoms with E-state index in [0.717, 1.165) is 48.9 Å². The van der Waals surface area contributed by atoms with Crippen LogP contribution in [0.25, 0.3) is 0 Å². The van der Waals surface area contributed by atoms with Gasteiger partial charge in [-0.2, -0.15) is 0 Å². The van der Waals surface area contributed by atoms with E-state index in [1.165, 1.54) is 35.3 Å². The predicted octanol–water partition coefficient (Wildman–Crippen LogP) is -0.835. The Morgan fingerprint density at radius 2 is 0.833 bits per heavy atom. The number of carboxylic acids is 4. The Kier molecular flexibility index (Phi) is 13.2. The smallest absolute Gasteiger partial charge is 0.307 e. The molecule has 292 valence electrons. The summed E-state index contributed by atoms with van der Waals surface area (Å²) in [4.78, 5) is 43.0. The SMILES string of the molecule is COc1cc2c(cc1OC)C[NH2+]CC2.COc1cc2c(cc1OC)C[NH2+]CC2.O=C(O)[C@@H]1[C@H](C(=O)O)[C@@H]2C=C[C@H]1C2.O=C([O-])[C@@H]1[C@H](C(=O)[O-])[C@@H]2C=C[C@H]1C2. The lowest BCUT2D eigenvalue weighted by molar-refractivity contribution is -0.673. The standard InChI is InChI=1S/2C11H15NO2.2C9H10O4/c2*1-13-10-5-8-3-4-12-7-9(8)6-11(10)14-2;2*10-8(11)6-4-1-2-5(3-4)7(6)9(12)13/h2*5-6,12H,3-4,7H2,1-2H3;2*1-2,4-7H,3H2,(H,10,11)(H,12,13)/t;;2*4-,5+,6-,7+. The van der Waals surface area contributed by atoms with Crippen LogP contribution in [0.15, 0.2) is 48.6 Å². The first-order valence-electron chi connectivity index (χ1n) is 18.3. The molecular weight excluding hydrogens is 700 g/mol. The molecule has 14 nitrogen and oxygen atoms in total. The summed E-state index contributed by atoms with van der Waals surface area (Å²) < 4.78 is 21.1. The number of hydrogen-bond acceptors (Lipinski definition) is 10. The summed E-state index contributed by atoms with van der Waals surface area (Å²) in [6.45, 7) is 4.44. The van der Waals surface area contributed by atoms with E-state index in [9.17, 15) is 29.4 Å². The highest BCUT2D eigenvalue weighted by molar-refractivity contribution is 5.82. The average Bonchev–Trinajstić information content (AvgIpc) is 4.00. The van der Waals surface area contributed by atoms with E-state index >= 15 is 0 Å². The van der Waals surface area contributed by atoms with Crippen molar-refractivity contribution in [2.24, 2.45) is 47.3 Å². The van der Waals surface area contributed by atoms with Gasteiger partial charge < -0.3 is 59.6 Å². The number of aliphatic carboxylic acids is 4. The van der Waals surface area contributed by atoms with Crippen LogP contribution in [0, 0.1) is 47.3 Å². The van der Waals surface area contributed by atoms with Gasteiger partial charge in [-0.3, -0.25) is 9.59 Å². The number of carbonyl (C=O) groups is 4. The summed E-state index contributed by atoms with van der Waals surface area (Å²) in [7, 11) is 6.71. The normalized spacial score (nSPS) is 27.3. The lowest BCUT2D eigenvalue weighted by atomic mass is 9.83. The number of carboxylic acid groups (broad SMARTS) is 4. The zero-order valence-electron chi connectivity index (χ0n) is 31.0. The van der Waals surface area contributed by atoms with Crippen molar-refractivity contribution in [1.82, 2.24) is 0 Å². The second-order valence-corrected chi connectivity index (χ2v) is 14.3. The number of hydrogen-bond donors (Lipinski definition) is 4. The van der Waals surface area contributed by atoms with Crippen molar-refractivity contribution in [2.75, 3.05) is 41.5 Å². The summed E-state index contributed by atoms with van der Waals surface area (Å²) in [5.74, 6) is -4.84. The largest absolute Gasteiger partial charge is 0.550 e. The lowest BCUT2D eigenvalue weighted by Gasteiger charge is -2.29. The van der Waals surface area contributed by atoms with Crippen molar-refractivity contribution in [3.8, 4) is 23.0 Å². The Labute approximate surface area is 314 Å². The second-order valence-electron chi connectivity index (χ2n) is 14.3. The molecule has 2 aromatic rings. The molecular formula is C40H50N2O12. The summed E-state index contributed by atoms with van der Waals surface area (Å²) in [6, 6.07) is 8.37. The first-order valence-corrected chi connectivity index (χ1v) is 18.3. The van der Waals surface area contributed by atoms with Gasteiger partial charge in [-0.15, -0.1) is 0 Å². The Morgan fingerprint density at radius 3 is 1.11 bits per heavy atom. The molecule has 6 aliphatic rings. The van der Waals surface area contributed by atoms with Gasteiger partial charge in [-0.1, -0.05) is 24.3 Å². The van der Waals surface area contributed by atoms with E-state index in [4.69, 9.17) is 29.2 Å². The number of carbonyl (C=O) groups excluding carboxylic acids is 2. The third-order valence-corrected chi connectivity index (χ3v) is 11.4. The quantitative estimate of drug-likeness (QED) is 0.243. The van der Waals surface area contributed by atoms with Crippen molar-refractivity contribution in [3.63, 3.8) is 0 Å². The molecule has 2 fully saturated rings. The van der Waals surface area contributed by atoms with E-state index in [1.807, 2.05) is 12.2 Å². The average molecular weight is 751 g/mol. The van der Waals surface area contributed by atoms with Crippen molar-refractivity contribution in [1.29, 1.82) is 0 Å². The minimum absolute atomic E-state index is 0.0661. The van der Waals surface area contributed by atoms with Gasteiger partial charge in [0.05, 0.1) is 53.4 Å². The maximum atomic E-state index is 10.8. The molecule has 6 N–H and O–H groups in total. The number of quaternary nitrogens is 2. The topological polar surface area (TPSA) is 225 Å². The fraction of sp³-hybridized carbons (Fsp3) is 0.500. The Balaban J connectivity index is 0.000000139. The van der Waals surface area contributed by atoms with Crippen LogP contribution in [0.3, 0.4) is 0 Å². The van der Waals surface area contributed by atoms with Crippen LogP contribution in [0.1, 0.15) is 35.1 Å². The van der Waals surface area contributed by atoms with Gasteiger partial charge in [0.25, 0.3) is 0 Å². The number of ether oxygens (including phenoxy) is 4. The summed E-state index contributed by atoms with van der Waals surface area (Å²) in [5.41, 5.74) is 5.53. The van der Waals surface area contributed by atoms with Crippen LogP contribution in [-0.2, 0) is 45.1 Å². The van der Waals surface area contributed by atoms with Crippen LogP contribution in [0.5, 0.6) is 23.0 Å². The first kappa shape index (κ1) is 40.1. The molecule has 4 aliphatic carbocycles. The summed E-state index contributed by atoms with van der Waals surface area (Å²) in [6.07, 6.45) is 10.7. The minimum atomic E-state index is -1.27. The number of allylic oxidation sites excluding steroid dienone is 4. The fourth-order valence-corrected chi connectivity index (χ4v) is 8.76. The third-order valence-electron chi connectivity index (χ3n) is 11.4. The molecule has 0 saturated heterocycles. The molecule has 2 saturated carbocycles. The van der Waals surface area contributed by atoms with Gasteiger partial charge in [-0.25, -0.2) is 0 Å². The first-order chi connectivity index (χ1) is 25.9. The Morgan fingerprint density at radius 1 is 0.537 bits per heavy atom. The molecule has 0 unspecified atom stereocenters. The minimum Gasteiger partial charge on any atom is -0.550 e. The van der Waals surface area contributed by atoms with Crippen LogP contribution in [-0.4, -0.2) is 75.6 Å². The van der Waals surface area contributed by atoms with Crippen molar-refractivity contribution in [2.45, 2.75) is 38.8 Å². The zero-order valence-corrected chi connectivity index (χ0v) is 31.0. The fourth-order valence-electron chi connectivity index (χ4n) is 8.76. The van der Waals surface area contributed by atoms with Gasteiger partial charge in [0, 0.05) is 47.7 Å². The van der Waals surface area contributed by atoms with Gasteiger partial charge in [0.15, 0.2) is 23.0 Å². The molecule has 8 rings (SSSR count). The van der Waals surface area contributed by atoms with Gasteiger partial charge >= 0.3 is 11.9 Å². The highest BCUT2D eigenvalue weighted by Gasteiger charge is 2.52. The van der Waals surface area contributed by atoms with Crippen LogP contribution in [0.4, 0.5) is 0 Å². The van der Waals surface area contributed by atoms with E-state index in [2.05, 4.69) is 34.9 Å². The van der Waals surface area contributed by atoms with E-state index in [1.54, 1.807) is 40.6 Å². The molecule has 0 spiro atoms. The van der Waals surface area contributed by atoms with E-state index in [0.29, 0.717) is 12.8 Å². The van der Waals surface area contributed by atoms with Crippen LogP contribution >= 0.6 is 0 Å². The zero-order chi connectivity index (χ0) is 39.1. The van der Waals surface area contributed by atoms with E-state index < -0.39 is 47.5 Å². The number of methoxy groups -OCH3 is 4. The summed E-state index contributed by atoms with van der Waals surface area (Å²) >= 11 is 0. The molecule has 0 amide bonds. The molecule has 2 heterocycles. The van der Waals surface area contributed by atoms with Crippen molar-refractivity contribution >= 4 is 23.9 Å². The number of rotatable bonds is 8. The van der Waals surface area contributed by atoms with E-state index in [-0.39, 0.29) is 23.7 Å². The molecule has 14 heteroatoms. The maximum Gasteiger partial charge on any atom is 0.307 e. The molecule has 0 aromatic heterocycles. The van der Waals surface area contributed by atoms with Crippen molar-refractivity contribution in [3.05, 3.63) is 70.8 Å². The molecule has 8 atom stereocenters. The maximum absolute atomic E-state index is 10.8. The highest BCUT2D eigenvalue weighted by atomic mass is 16.5. The molecule has 2 aromatic carbocycles. The van der Waals surface area contributed by atoms with Crippen LogP contribution in [0.2, 0.25) is 0 Å². The van der Waals surface area contributed by atoms with Gasteiger partial charge in [-0.05, 0) is 71.9 Å². The number of nitrogens with two attached hydrogens (primary N) is 2. The number of fused-ring (bicyclic) bond motifs is 6. The molecule has 54 heavy (non-hydrogen) atoms. The Hall–Kier alpha value is -5.08. The second kappa shape index (κ2) is 17.8. The number of benzene rings is 2. The van der Waals surface area contributed by atoms with Gasteiger partial charge in [0.2, 0.25) is 0 Å².